The lowest BCUT2D eigenvalue weighted by Crippen LogP contribution is -2.41. The Bertz CT molecular complexity index is 591. The summed E-state index contributed by atoms with van der Waals surface area (Å²) in [5, 5.41) is 4.34. The number of hydrogen-bond donors (Lipinski definition) is 1. The molecule has 2 heterocycles. The van der Waals surface area contributed by atoms with Crippen LogP contribution in [0.3, 0.4) is 0 Å². The van der Waals surface area contributed by atoms with Gasteiger partial charge in [-0.3, -0.25) is 4.68 Å². The molecule has 1 fully saturated rings. The smallest absolute Gasteiger partial charge is 0.444 e. The van der Waals surface area contributed by atoms with Crippen LogP contribution in [0.25, 0.3) is 0 Å². The topological polar surface area (TPSA) is 88.6 Å². The summed E-state index contributed by atoms with van der Waals surface area (Å²) in [5.74, 6) is 0. The highest BCUT2D eigenvalue weighted by molar-refractivity contribution is 6.61. The fraction of sp³-hybridized carbons (Fsp3) is 0.750. The molecule has 1 atom stereocenters. The Balaban J connectivity index is 2.12. The van der Waals surface area contributed by atoms with Crippen molar-refractivity contribution in [3.05, 3.63) is 12.4 Å². The number of carbonyl (C=O) groups excluding carboxylic acids is 1. The number of carbonyl (C=O) groups is 1. The minimum atomic E-state index is -0.784. The summed E-state index contributed by atoms with van der Waals surface area (Å²) in [6.45, 7) is 14.4. The SMILES string of the molecule is CC(C)(C)C(Cn1cc(B2OC(C)(C)C(C)(C)O2)cn1)OC(N)=O. The van der Waals surface area contributed by atoms with E-state index >= 15 is 0 Å². The average Bonchev–Trinajstić information content (AvgIpc) is 2.90. The normalized spacial score (nSPS) is 20.9. The van der Waals surface area contributed by atoms with E-state index in [1.165, 1.54) is 0 Å². The first kappa shape index (κ1) is 18.8. The van der Waals surface area contributed by atoms with Crippen LogP contribution < -0.4 is 11.2 Å². The highest BCUT2D eigenvalue weighted by atomic mass is 16.7. The Morgan fingerprint density at radius 2 is 1.88 bits per heavy atom. The van der Waals surface area contributed by atoms with Gasteiger partial charge in [-0.1, -0.05) is 20.8 Å². The first-order valence-electron chi connectivity index (χ1n) is 8.16. The van der Waals surface area contributed by atoms with E-state index < -0.39 is 24.4 Å². The molecule has 1 aliphatic rings. The number of ether oxygens (including phenoxy) is 1. The van der Waals surface area contributed by atoms with E-state index in [4.69, 9.17) is 19.8 Å². The van der Waals surface area contributed by atoms with Crippen LogP contribution in [0.2, 0.25) is 0 Å². The third-order valence-electron chi connectivity index (χ3n) is 4.76. The van der Waals surface area contributed by atoms with Crippen molar-refractivity contribution in [2.24, 2.45) is 11.1 Å². The fourth-order valence-corrected chi connectivity index (χ4v) is 2.38. The van der Waals surface area contributed by atoms with Gasteiger partial charge in [0.1, 0.15) is 6.10 Å². The second-order valence-corrected chi connectivity index (χ2v) is 8.38. The van der Waals surface area contributed by atoms with E-state index in [1.54, 1.807) is 10.9 Å². The van der Waals surface area contributed by atoms with Gasteiger partial charge in [-0.05, 0) is 27.7 Å². The van der Waals surface area contributed by atoms with Crippen LogP contribution in [0.5, 0.6) is 0 Å². The van der Waals surface area contributed by atoms with Gasteiger partial charge in [-0.15, -0.1) is 0 Å². The van der Waals surface area contributed by atoms with Crippen molar-refractivity contribution >= 4 is 18.7 Å². The highest BCUT2D eigenvalue weighted by Crippen LogP contribution is 2.36. The molecule has 8 heteroatoms. The zero-order chi connectivity index (χ0) is 18.3. The van der Waals surface area contributed by atoms with Crippen molar-refractivity contribution in [1.29, 1.82) is 0 Å². The summed E-state index contributed by atoms with van der Waals surface area (Å²) < 4.78 is 19.0. The van der Waals surface area contributed by atoms with Crippen LogP contribution in [-0.2, 0) is 20.6 Å². The number of rotatable bonds is 4. The molecule has 1 saturated heterocycles. The lowest BCUT2D eigenvalue weighted by atomic mass is 9.82. The Morgan fingerprint density at radius 1 is 1.33 bits per heavy atom. The largest absolute Gasteiger partial charge is 0.498 e. The van der Waals surface area contributed by atoms with Crippen LogP contribution in [0.15, 0.2) is 12.4 Å². The summed E-state index contributed by atoms with van der Waals surface area (Å²) in [4.78, 5) is 11.1. The molecule has 134 valence electrons. The van der Waals surface area contributed by atoms with Gasteiger partial charge in [0.2, 0.25) is 0 Å². The third kappa shape index (κ3) is 3.92. The number of nitrogens with two attached hydrogens (primary N) is 1. The minimum Gasteiger partial charge on any atom is -0.444 e. The molecule has 2 rings (SSSR count). The van der Waals surface area contributed by atoms with Crippen molar-refractivity contribution in [2.45, 2.75) is 72.3 Å². The van der Waals surface area contributed by atoms with Crippen molar-refractivity contribution in [1.82, 2.24) is 9.78 Å². The number of aromatic nitrogens is 2. The maximum atomic E-state index is 11.1. The molecule has 1 aliphatic heterocycles. The summed E-state index contributed by atoms with van der Waals surface area (Å²) in [6, 6.07) is 0. The van der Waals surface area contributed by atoms with Crippen LogP contribution in [-0.4, -0.2) is 40.3 Å². The van der Waals surface area contributed by atoms with Gasteiger partial charge in [-0.2, -0.15) is 5.10 Å². The summed E-state index contributed by atoms with van der Waals surface area (Å²) in [6.07, 6.45) is 2.39. The molecule has 0 saturated carbocycles. The summed E-state index contributed by atoms with van der Waals surface area (Å²) >= 11 is 0. The van der Waals surface area contributed by atoms with Crippen molar-refractivity contribution in [3.8, 4) is 0 Å². The van der Waals surface area contributed by atoms with Crippen LogP contribution >= 0.6 is 0 Å². The standard InChI is InChI=1S/C16H28BN3O4/c1-14(2,3)12(22-13(18)21)10-20-9-11(8-19-20)17-23-15(4,5)16(6,7)24-17/h8-9,12H,10H2,1-7H3,(H2,18,21). The number of primary amides is 1. The monoisotopic (exact) mass is 337 g/mol. The Kier molecular flexibility index (Phi) is 4.76. The van der Waals surface area contributed by atoms with Gasteiger partial charge >= 0.3 is 13.2 Å². The Labute approximate surface area is 144 Å². The van der Waals surface area contributed by atoms with Crippen molar-refractivity contribution < 1.29 is 18.8 Å². The predicted octanol–water partition coefficient (Wildman–Crippen LogP) is 1.69. The third-order valence-corrected chi connectivity index (χ3v) is 4.76. The van der Waals surface area contributed by atoms with Gasteiger partial charge in [0.05, 0.1) is 17.7 Å². The van der Waals surface area contributed by atoms with Crippen molar-refractivity contribution in [2.75, 3.05) is 0 Å². The lowest BCUT2D eigenvalue weighted by Gasteiger charge is -2.32. The molecule has 0 spiro atoms. The molecule has 1 unspecified atom stereocenters. The van der Waals surface area contributed by atoms with Crippen LogP contribution in [0, 0.1) is 5.41 Å². The zero-order valence-electron chi connectivity index (χ0n) is 15.6. The van der Waals surface area contributed by atoms with Gasteiger partial charge in [-0.25, -0.2) is 4.79 Å². The highest BCUT2D eigenvalue weighted by Gasteiger charge is 2.52. The second-order valence-electron chi connectivity index (χ2n) is 8.38. The van der Waals surface area contributed by atoms with E-state index in [9.17, 15) is 4.79 Å². The Hall–Kier alpha value is -1.54. The van der Waals surface area contributed by atoms with Gasteiger partial charge in [0, 0.05) is 23.3 Å². The molecule has 1 aromatic heterocycles. The molecule has 2 N–H and O–H groups in total. The van der Waals surface area contributed by atoms with E-state index in [0.29, 0.717) is 6.54 Å². The minimum absolute atomic E-state index is 0.258. The lowest BCUT2D eigenvalue weighted by molar-refractivity contribution is 0.00578. The molecular weight excluding hydrogens is 309 g/mol. The molecule has 1 amide bonds. The zero-order valence-corrected chi connectivity index (χ0v) is 15.6. The molecule has 0 radical (unpaired) electrons. The molecule has 0 bridgehead atoms. The molecule has 1 aromatic rings. The molecule has 0 aliphatic carbocycles. The van der Waals surface area contributed by atoms with E-state index in [-0.39, 0.29) is 11.5 Å². The maximum Gasteiger partial charge on any atom is 0.498 e. The molecule has 7 nitrogen and oxygen atoms in total. The fourth-order valence-electron chi connectivity index (χ4n) is 2.38. The molecule has 0 aromatic carbocycles. The number of hydrogen-bond acceptors (Lipinski definition) is 5. The number of amides is 1. The Morgan fingerprint density at radius 3 is 2.33 bits per heavy atom. The first-order valence-corrected chi connectivity index (χ1v) is 8.16. The van der Waals surface area contributed by atoms with Gasteiger partial charge in [0.15, 0.2) is 0 Å². The van der Waals surface area contributed by atoms with E-state index in [0.717, 1.165) is 5.46 Å². The molecule has 24 heavy (non-hydrogen) atoms. The quantitative estimate of drug-likeness (QED) is 0.845. The summed E-state index contributed by atoms with van der Waals surface area (Å²) in [5.41, 5.74) is 4.95. The van der Waals surface area contributed by atoms with E-state index in [2.05, 4.69) is 5.10 Å². The predicted molar refractivity (Wildman–Crippen MR) is 91.9 cm³/mol. The molecular formula is C16H28BN3O4. The second kappa shape index (κ2) is 6.08. The van der Waals surface area contributed by atoms with E-state index in [1.807, 2.05) is 54.7 Å². The average molecular weight is 337 g/mol. The van der Waals surface area contributed by atoms with Gasteiger partial charge in [0.25, 0.3) is 0 Å². The van der Waals surface area contributed by atoms with Crippen LogP contribution in [0.4, 0.5) is 4.79 Å². The summed E-state index contributed by atoms with van der Waals surface area (Å²) in [7, 11) is -0.464. The van der Waals surface area contributed by atoms with Gasteiger partial charge < -0.3 is 19.8 Å². The van der Waals surface area contributed by atoms with Crippen LogP contribution in [0.1, 0.15) is 48.5 Å². The number of nitrogens with zero attached hydrogens (tertiary/aromatic N) is 2. The van der Waals surface area contributed by atoms with Crippen molar-refractivity contribution in [3.63, 3.8) is 0 Å². The maximum absolute atomic E-state index is 11.1. The first-order chi connectivity index (χ1) is 10.8.